The summed E-state index contributed by atoms with van der Waals surface area (Å²) in [6, 6.07) is 13.8. The molecule has 0 fully saturated rings. The maximum absolute atomic E-state index is 12.0. The van der Waals surface area contributed by atoms with Crippen LogP contribution in [0.25, 0.3) is 0 Å². The molecule has 0 aliphatic heterocycles. The first-order valence-corrected chi connectivity index (χ1v) is 6.95. The van der Waals surface area contributed by atoms with Crippen molar-refractivity contribution in [1.29, 1.82) is 0 Å². The van der Waals surface area contributed by atoms with E-state index in [1.165, 1.54) is 5.56 Å². The van der Waals surface area contributed by atoms with Gasteiger partial charge in [0.15, 0.2) is 0 Å². The lowest BCUT2D eigenvalue weighted by molar-refractivity contribution is -0.115. The molecule has 0 unspecified atom stereocenters. The summed E-state index contributed by atoms with van der Waals surface area (Å²) in [5, 5.41) is 2.95. The summed E-state index contributed by atoms with van der Waals surface area (Å²) in [6.07, 6.45) is 0.400. The number of carbonyl (C=O) groups is 1. The zero-order chi connectivity index (χ0) is 13.8. The van der Waals surface area contributed by atoms with Crippen LogP contribution in [-0.2, 0) is 11.2 Å². The highest BCUT2D eigenvalue weighted by molar-refractivity contribution is 9.10. The lowest BCUT2D eigenvalue weighted by atomic mass is 10.1. The fourth-order valence-electron chi connectivity index (χ4n) is 1.97. The highest BCUT2D eigenvalue weighted by Crippen LogP contribution is 2.20. The van der Waals surface area contributed by atoms with E-state index in [1.807, 2.05) is 56.3 Å². The number of rotatable bonds is 3. The third-order valence-electron chi connectivity index (χ3n) is 2.91. The van der Waals surface area contributed by atoms with E-state index in [-0.39, 0.29) is 5.91 Å². The molecule has 0 bridgehead atoms. The summed E-state index contributed by atoms with van der Waals surface area (Å²) in [7, 11) is 0. The molecule has 0 aliphatic rings. The van der Waals surface area contributed by atoms with Gasteiger partial charge in [-0.15, -0.1) is 0 Å². The van der Waals surface area contributed by atoms with Crippen molar-refractivity contribution in [2.24, 2.45) is 0 Å². The molecule has 1 N–H and O–H groups in total. The highest BCUT2D eigenvalue weighted by atomic mass is 79.9. The van der Waals surface area contributed by atoms with Crippen LogP contribution in [0, 0.1) is 13.8 Å². The van der Waals surface area contributed by atoms with Gasteiger partial charge in [0.05, 0.1) is 6.42 Å². The Morgan fingerprint density at radius 3 is 2.63 bits per heavy atom. The molecule has 2 aromatic carbocycles. The van der Waals surface area contributed by atoms with Crippen LogP contribution in [0.2, 0.25) is 0 Å². The molecule has 0 aromatic heterocycles. The minimum Gasteiger partial charge on any atom is -0.326 e. The van der Waals surface area contributed by atoms with Gasteiger partial charge in [0.1, 0.15) is 0 Å². The lowest BCUT2D eigenvalue weighted by Crippen LogP contribution is -2.15. The summed E-state index contributed by atoms with van der Waals surface area (Å²) in [5.41, 5.74) is 4.12. The van der Waals surface area contributed by atoms with Gasteiger partial charge >= 0.3 is 0 Å². The molecule has 0 saturated heterocycles. The predicted molar refractivity (Wildman–Crippen MR) is 82.4 cm³/mol. The van der Waals surface area contributed by atoms with Gasteiger partial charge in [-0.25, -0.2) is 0 Å². The molecule has 19 heavy (non-hydrogen) atoms. The van der Waals surface area contributed by atoms with Crippen LogP contribution < -0.4 is 5.32 Å². The number of halogens is 1. The first kappa shape index (κ1) is 13.8. The van der Waals surface area contributed by atoms with Crippen molar-refractivity contribution < 1.29 is 4.79 Å². The second-order valence-corrected chi connectivity index (χ2v) is 5.59. The van der Waals surface area contributed by atoms with Gasteiger partial charge < -0.3 is 5.32 Å². The van der Waals surface area contributed by atoms with Gasteiger partial charge in [-0.2, -0.15) is 0 Å². The summed E-state index contributed by atoms with van der Waals surface area (Å²) >= 11 is 3.41. The van der Waals surface area contributed by atoms with E-state index in [4.69, 9.17) is 0 Å². The molecular weight excluding hydrogens is 302 g/mol. The van der Waals surface area contributed by atoms with Crippen molar-refractivity contribution in [3.05, 3.63) is 63.6 Å². The number of nitrogens with one attached hydrogen (secondary N) is 1. The van der Waals surface area contributed by atoms with Crippen molar-refractivity contribution in [1.82, 2.24) is 0 Å². The van der Waals surface area contributed by atoms with Gasteiger partial charge in [0, 0.05) is 10.2 Å². The molecule has 2 rings (SSSR count). The van der Waals surface area contributed by atoms with Gasteiger partial charge in [0.25, 0.3) is 0 Å². The summed E-state index contributed by atoms with van der Waals surface area (Å²) in [5.74, 6) is 0.0102. The smallest absolute Gasteiger partial charge is 0.228 e. The largest absolute Gasteiger partial charge is 0.326 e. The molecule has 2 aromatic rings. The van der Waals surface area contributed by atoms with Crippen LogP contribution in [0.5, 0.6) is 0 Å². The molecule has 0 saturated carbocycles. The minimum absolute atomic E-state index is 0.0102. The van der Waals surface area contributed by atoms with Crippen molar-refractivity contribution >= 4 is 27.5 Å². The fraction of sp³-hybridized carbons (Fsp3) is 0.188. The minimum atomic E-state index is 0.0102. The van der Waals surface area contributed by atoms with E-state index < -0.39 is 0 Å². The maximum Gasteiger partial charge on any atom is 0.228 e. The van der Waals surface area contributed by atoms with Crippen LogP contribution >= 0.6 is 15.9 Å². The van der Waals surface area contributed by atoms with Gasteiger partial charge in [0.2, 0.25) is 5.91 Å². The summed E-state index contributed by atoms with van der Waals surface area (Å²) < 4.78 is 1.02. The third kappa shape index (κ3) is 3.93. The highest BCUT2D eigenvalue weighted by Gasteiger charge is 2.06. The zero-order valence-electron chi connectivity index (χ0n) is 11.0. The number of aryl methyl sites for hydroxylation is 2. The summed E-state index contributed by atoms with van der Waals surface area (Å²) in [4.78, 5) is 12.0. The van der Waals surface area contributed by atoms with Gasteiger partial charge in [-0.1, -0.05) is 45.8 Å². The Morgan fingerprint density at radius 2 is 1.95 bits per heavy atom. The lowest BCUT2D eigenvalue weighted by Gasteiger charge is -2.09. The number of benzene rings is 2. The molecule has 2 nitrogen and oxygen atoms in total. The van der Waals surface area contributed by atoms with Crippen LogP contribution in [0.1, 0.15) is 16.7 Å². The average Bonchev–Trinajstić information content (AvgIpc) is 2.33. The Morgan fingerprint density at radius 1 is 1.16 bits per heavy atom. The number of hydrogen-bond acceptors (Lipinski definition) is 1. The third-order valence-corrected chi connectivity index (χ3v) is 3.40. The number of hydrogen-bond donors (Lipinski definition) is 1. The van der Waals surface area contributed by atoms with E-state index in [9.17, 15) is 4.79 Å². The van der Waals surface area contributed by atoms with Crippen LogP contribution in [-0.4, -0.2) is 5.91 Å². The standard InChI is InChI=1S/C16H16BrNO/c1-11-4-3-5-13(8-11)10-16(19)18-15-7-6-14(17)9-12(15)2/h3-9H,10H2,1-2H3,(H,18,19). The van der Waals surface area contributed by atoms with E-state index in [0.29, 0.717) is 6.42 Å². The molecular formula is C16H16BrNO. The van der Waals surface area contributed by atoms with Crippen molar-refractivity contribution in [2.45, 2.75) is 20.3 Å². The number of anilines is 1. The molecule has 0 radical (unpaired) electrons. The number of amides is 1. The Hall–Kier alpha value is -1.61. The predicted octanol–water partition coefficient (Wildman–Crippen LogP) is 4.25. The molecule has 1 amide bonds. The molecule has 0 atom stereocenters. The molecule has 0 spiro atoms. The van der Waals surface area contributed by atoms with E-state index in [0.717, 1.165) is 21.3 Å². The van der Waals surface area contributed by atoms with E-state index in [2.05, 4.69) is 21.2 Å². The Kier molecular flexibility index (Phi) is 4.38. The first-order valence-electron chi connectivity index (χ1n) is 6.16. The second kappa shape index (κ2) is 6.02. The van der Waals surface area contributed by atoms with E-state index >= 15 is 0 Å². The zero-order valence-corrected chi connectivity index (χ0v) is 12.6. The second-order valence-electron chi connectivity index (χ2n) is 4.67. The van der Waals surface area contributed by atoms with Crippen LogP contribution in [0.4, 0.5) is 5.69 Å². The van der Waals surface area contributed by atoms with Crippen LogP contribution in [0.15, 0.2) is 46.9 Å². The first-order chi connectivity index (χ1) is 9.04. The average molecular weight is 318 g/mol. The van der Waals surface area contributed by atoms with Crippen molar-refractivity contribution in [3.8, 4) is 0 Å². The summed E-state index contributed by atoms with van der Waals surface area (Å²) in [6.45, 7) is 4.01. The van der Waals surface area contributed by atoms with E-state index in [1.54, 1.807) is 0 Å². The fourth-order valence-corrected chi connectivity index (χ4v) is 2.44. The Labute approximate surface area is 122 Å². The van der Waals surface area contributed by atoms with Crippen molar-refractivity contribution in [2.75, 3.05) is 5.32 Å². The monoisotopic (exact) mass is 317 g/mol. The Bertz CT molecular complexity index is 607. The quantitative estimate of drug-likeness (QED) is 0.901. The Balaban J connectivity index is 2.05. The normalized spacial score (nSPS) is 10.3. The van der Waals surface area contributed by atoms with Gasteiger partial charge in [-0.3, -0.25) is 4.79 Å². The van der Waals surface area contributed by atoms with Crippen LogP contribution in [0.3, 0.4) is 0 Å². The van der Waals surface area contributed by atoms with Crippen molar-refractivity contribution in [3.63, 3.8) is 0 Å². The molecule has 0 heterocycles. The van der Waals surface area contributed by atoms with Gasteiger partial charge in [-0.05, 0) is 43.2 Å². The topological polar surface area (TPSA) is 29.1 Å². The molecule has 3 heteroatoms. The molecule has 0 aliphatic carbocycles. The number of carbonyl (C=O) groups excluding carboxylic acids is 1. The SMILES string of the molecule is Cc1cccc(CC(=O)Nc2ccc(Br)cc2C)c1. The maximum atomic E-state index is 12.0. The molecule has 98 valence electrons.